The van der Waals surface area contributed by atoms with Crippen LogP contribution in [0.1, 0.15) is 50.2 Å². The third kappa shape index (κ3) is 3.62. The number of benzene rings is 1. The fraction of sp³-hybridized carbons (Fsp3) is 0.667. The Morgan fingerprint density at radius 3 is 2.55 bits per heavy atom. The van der Waals surface area contributed by atoms with Crippen LogP contribution in [0.4, 0.5) is 0 Å². The van der Waals surface area contributed by atoms with E-state index in [9.17, 15) is 0 Å². The molecule has 2 heteroatoms. The fourth-order valence-electron chi connectivity index (χ4n) is 3.44. The van der Waals surface area contributed by atoms with Crippen molar-refractivity contribution in [1.29, 1.82) is 0 Å². The summed E-state index contributed by atoms with van der Waals surface area (Å²) >= 11 is 0. The summed E-state index contributed by atoms with van der Waals surface area (Å²) in [7, 11) is 2.25. The van der Waals surface area contributed by atoms with E-state index >= 15 is 0 Å². The highest BCUT2D eigenvalue weighted by Gasteiger charge is 2.34. The summed E-state index contributed by atoms with van der Waals surface area (Å²) in [5, 5.41) is 0. The lowest BCUT2D eigenvalue weighted by Gasteiger charge is -2.41. The van der Waals surface area contributed by atoms with E-state index in [1.54, 1.807) is 0 Å². The highest BCUT2D eigenvalue weighted by Crippen LogP contribution is 2.34. The molecule has 0 aromatic heterocycles. The van der Waals surface area contributed by atoms with Crippen molar-refractivity contribution in [2.24, 2.45) is 11.7 Å². The Hall–Kier alpha value is -0.860. The largest absolute Gasteiger partial charge is 0.329 e. The van der Waals surface area contributed by atoms with Crippen molar-refractivity contribution in [3.8, 4) is 0 Å². The summed E-state index contributed by atoms with van der Waals surface area (Å²) in [4.78, 5) is 2.51. The molecule has 20 heavy (non-hydrogen) atoms. The van der Waals surface area contributed by atoms with E-state index in [4.69, 9.17) is 5.73 Å². The Labute approximate surface area is 124 Å². The molecule has 0 amide bonds. The van der Waals surface area contributed by atoms with Gasteiger partial charge in [-0.25, -0.2) is 0 Å². The summed E-state index contributed by atoms with van der Waals surface area (Å²) < 4.78 is 0. The van der Waals surface area contributed by atoms with Gasteiger partial charge in [-0.1, -0.05) is 49.6 Å². The Balaban J connectivity index is 2.07. The molecule has 1 aliphatic carbocycles. The van der Waals surface area contributed by atoms with Crippen LogP contribution in [-0.4, -0.2) is 24.0 Å². The number of nitrogens with zero attached hydrogens (tertiary/aromatic N) is 1. The van der Waals surface area contributed by atoms with Gasteiger partial charge in [-0.3, -0.25) is 4.90 Å². The molecule has 2 atom stereocenters. The van der Waals surface area contributed by atoms with E-state index in [0.717, 1.165) is 19.0 Å². The van der Waals surface area contributed by atoms with Crippen molar-refractivity contribution < 1.29 is 0 Å². The van der Waals surface area contributed by atoms with Gasteiger partial charge in [0.1, 0.15) is 0 Å². The Kier molecular flexibility index (Phi) is 5.22. The van der Waals surface area contributed by atoms with Gasteiger partial charge in [-0.2, -0.15) is 0 Å². The maximum absolute atomic E-state index is 6.19. The maximum atomic E-state index is 6.19. The lowest BCUT2D eigenvalue weighted by molar-refractivity contribution is 0.0987. The minimum Gasteiger partial charge on any atom is -0.329 e. The van der Waals surface area contributed by atoms with Gasteiger partial charge in [-0.15, -0.1) is 0 Å². The van der Waals surface area contributed by atoms with Crippen LogP contribution in [0.15, 0.2) is 24.3 Å². The lowest BCUT2D eigenvalue weighted by Crippen LogP contribution is -2.51. The normalized spacial score (nSPS) is 27.6. The van der Waals surface area contributed by atoms with E-state index in [0.29, 0.717) is 0 Å². The standard InChI is InChI=1S/C18H30N2/c1-15-5-4-11-18(14-19,12-10-15)20(3)13-17-8-6-16(2)7-9-17/h6-9,15H,4-5,10-14,19H2,1-3H3. The molecule has 2 unspecified atom stereocenters. The van der Waals surface area contributed by atoms with Crippen LogP contribution in [0.3, 0.4) is 0 Å². The molecule has 0 spiro atoms. The molecular formula is C18H30N2. The zero-order valence-corrected chi connectivity index (χ0v) is 13.4. The SMILES string of the molecule is Cc1ccc(CN(C)C2(CN)CCCC(C)CC2)cc1. The van der Waals surface area contributed by atoms with Crippen LogP contribution in [-0.2, 0) is 6.54 Å². The first-order chi connectivity index (χ1) is 9.55. The minimum absolute atomic E-state index is 0.204. The fourth-order valence-corrected chi connectivity index (χ4v) is 3.44. The molecule has 1 aliphatic rings. The van der Waals surface area contributed by atoms with Crippen molar-refractivity contribution in [2.75, 3.05) is 13.6 Å². The van der Waals surface area contributed by atoms with Crippen LogP contribution in [0.25, 0.3) is 0 Å². The van der Waals surface area contributed by atoms with Crippen LogP contribution >= 0.6 is 0 Å². The average molecular weight is 274 g/mol. The molecular weight excluding hydrogens is 244 g/mol. The van der Waals surface area contributed by atoms with E-state index < -0.39 is 0 Å². The molecule has 2 rings (SSSR count). The molecule has 1 aromatic rings. The molecule has 112 valence electrons. The van der Waals surface area contributed by atoms with Gasteiger partial charge in [-0.05, 0) is 44.7 Å². The monoisotopic (exact) mass is 274 g/mol. The first kappa shape index (κ1) is 15.5. The van der Waals surface area contributed by atoms with Crippen LogP contribution in [0.2, 0.25) is 0 Å². The predicted octanol–water partition coefficient (Wildman–Crippen LogP) is 3.72. The van der Waals surface area contributed by atoms with E-state index in [1.165, 1.54) is 43.2 Å². The highest BCUT2D eigenvalue weighted by molar-refractivity contribution is 5.21. The van der Waals surface area contributed by atoms with E-state index in [-0.39, 0.29) is 5.54 Å². The summed E-state index contributed by atoms with van der Waals surface area (Å²) in [6.07, 6.45) is 6.48. The summed E-state index contributed by atoms with van der Waals surface area (Å²) in [6, 6.07) is 8.89. The van der Waals surface area contributed by atoms with Crippen LogP contribution in [0.5, 0.6) is 0 Å². The van der Waals surface area contributed by atoms with Crippen LogP contribution in [0, 0.1) is 12.8 Å². The summed E-state index contributed by atoms with van der Waals surface area (Å²) in [5.74, 6) is 0.858. The smallest absolute Gasteiger partial charge is 0.0332 e. The molecule has 0 radical (unpaired) electrons. The van der Waals surface area contributed by atoms with Crippen molar-refractivity contribution in [3.05, 3.63) is 35.4 Å². The number of rotatable bonds is 4. The minimum atomic E-state index is 0.204. The van der Waals surface area contributed by atoms with Gasteiger partial charge in [0.2, 0.25) is 0 Å². The Morgan fingerprint density at radius 2 is 1.90 bits per heavy atom. The molecule has 0 bridgehead atoms. The molecule has 2 N–H and O–H groups in total. The highest BCUT2D eigenvalue weighted by atomic mass is 15.2. The summed E-state index contributed by atoms with van der Waals surface area (Å²) in [6.45, 7) is 6.31. The van der Waals surface area contributed by atoms with Gasteiger partial charge in [0, 0.05) is 18.6 Å². The molecule has 1 saturated carbocycles. The third-order valence-corrected chi connectivity index (χ3v) is 5.17. The van der Waals surface area contributed by atoms with Gasteiger partial charge in [0.05, 0.1) is 0 Å². The maximum Gasteiger partial charge on any atom is 0.0332 e. The number of likely N-dealkylation sites (N-methyl/N-ethyl adjacent to an activating group) is 1. The lowest BCUT2D eigenvalue weighted by atomic mass is 9.87. The molecule has 0 saturated heterocycles. The van der Waals surface area contributed by atoms with Crippen molar-refractivity contribution >= 4 is 0 Å². The molecule has 0 aliphatic heterocycles. The second kappa shape index (κ2) is 6.73. The molecule has 1 fully saturated rings. The zero-order valence-electron chi connectivity index (χ0n) is 13.4. The quantitative estimate of drug-likeness (QED) is 0.848. The van der Waals surface area contributed by atoms with Crippen molar-refractivity contribution in [2.45, 2.75) is 58.0 Å². The predicted molar refractivity (Wildman–Crippen MR) is 86.7 cm³/mol. The third-order valence-electron chi connectivity index (χ3n) is 5.17. The van der Waals surface area contributed by atoms with E-state index in [2.05, 4.69) is 50.1 Å². The number of hydrogen-bond donors (Lipinski definition) is 1. The second-order valence-corrected chi connectivity index (χ2v) is 6.81. The van der Waals surface area contributed by atoms with Crippen molar-refractivity contribution in [3.63, 3.8) is 0 Å². The van der Waals surface area contributed by atoms with Gasteiger partial charge < -0.3 is 5.73 Å². The number of hydrogen-bond acceptors (Lipinski definition) is 2. The molecule has 2 nitrogen and oxygen atoms in total. The molecule has 0 heterocycles. The summed E-state index contributed by atoms with van der Waals surface area (Å²) in [5.41, 5.74) is 9.11. The van der Waals surface area contributed by atoms with Crippen LogP contribution < -0.4 is 5.73 Å². The second-order valence-electron chi connectivity index (χ2n) is 6.81. The van der Waals surface area contributed by atoms with Gasteiger partial charge in [0.25, 0.3) is 0 Å². The number of nitrogens with two attached hydrogens (primary N) is 1. The number of aryl methyl sites for hydroxylation is 1. The van der Waals surface area contributed by atoms with Gasteiger partial charge in [0.15, 0.2) is 0 Å². The molecule has 1 aromatic carbocycles. The Morgan fingerprint density at radius 1 is 1.20 bits per heavy atom. The van der Waals surface area contributed by atoms with E-state index in [1.807, 2.05) is 0 Å². The Bertz CT molecular complexity index is 412. The first-order valence-electron chi connectivity index (χ1n) is 8.02. The first-order valence-corrected chi connectivity index (χ1v) is 8.02. The topological polar surface area (TPSA) is 29.3 Å². The van der Waals surface area contributed by atoms with Gasteiger partial charge >= 0.3 is 0 Å². The zero-order chi connectivity index (χ0) is 14.6. The van der Waals surface area contributed by atoms with Crippen molar-refractivity contribution in [1.82, 2.24) is 4.90 Å². The average Bonchev–Trinajstić information content (AvgIpc) is 2.64.